The Morgan fingerprint density at radius 3 is 1.86 bits per heavy atom. The molecule has 0 aromatic heterocycles. The van der Waals surface area contributed by atoms with Gasteiger partial charge in [-0.25, -0.2) is 4.79 Å². The molecule has 0 saturated heterocycles. The van der Waals surface area contributed by atoms with E-state index in [1.807, 2.05) is 89.2 Å². The highest BCUT2D eigenvalue weighted by molar-refractivity contribution is 5.93. The van der Waals surface area contributed by atoms with E-state index in [-0.39, 0.29) is 24.5 Å². The van der Waals surface area contributed by atoms with Crippen LogP contribution in [0.4, 0.5) is 0 Å². The second kappa shape index (κ2) is 20.2. The van der Waals surface area contributed by atoms with E-state index in [0.717, 1.165) is 16.9 Å². The van der Waals surface area contributed by atoms with Crippen LogP contribution >= 0.6 is 0 Å². The van der Waals surface area contributed by atoms with Gasteiger partial charge in [0.25, 0.3) is 0 Å². The molecule has 0 saturated carbocycles. The number of carbonyl (C=O) groups is 5. The number of hydrogen-bond acceptors (Lipinski definition) is 8. The molecule has 4 amide bonds. The van der Waals surface area contributed by atoms with Crippen molar-refractivity contribution in [2.45, 2.75) is 104 Å². The van der Waals surface area contributed by atoms with E-state index >= 15 is 0 Å². The Labute approximate surface area is 302 Å². The van der Waals surface area contributed by atoms with E-state index in [9.17, 15) is 24.0 Å². The monoisotopic (exact) mass is 707 g/mol. The van der Waals surface area contributed by atoms with Crippen LogP contribution in [0.1, 0.15) is 72.9 Å². The van der Waals surface area contributed by atoms with E-state index in [1.165, 1.54) is 0 Å². The van der Waals surface area contributed by atoms with Gasteiger partial charge in [0.2, 0.25) is 23.6 Å². The minimum absolute atomic E-state index is 0.0776. The van der Waals surface area contributed by atoms with Gasteiger partial charge in [0, 0.05) is 13.0 Å². The molecule has 3 atom stereocenters. The number of benzene rings is 2. The molecule has 12 heteroatoms. The summed E-state index contributed by atoms with van der Waals surface area (Å²) in [6.07, 6.45) is 2.49. The van der Waals surface area contributed by atoms with Crippen LogP contribution in [-0.4, -0.2) is 78.6 Å². The first-order valence-corrected chi connectivity index (χ1v) is 17.4. The quantitative estimate of drug-likeness (QED) is 0.110. The number of carbonyl (C=O) groups excluding carboxylic acids is 5. The first-order valence-electron chi connectivity index (χ1n) is 17.4. The number of rotatable bonds is 19. The maximum absolute atomic E-state index is 13.5. The predicted molar refractivity (Wildman–Crippen MR) is 198 cm³/mol. The zero-order valence-corrected chi connectivity index (χ0v) is 31.4. The van der Waals surface area contributed by atoms with Crippen molar-refractivity contribution in [1.82, 2.24) is 26.6 Å². The highest BCUT2D eigenvalue weighted by Gasteiger charge is 2.31. The molecule has 0 fully saturated rings. The molecule has 0 aliphatic carbocycles. The highest BCUT2D eigenvalue weighted by Crippen LogP contribution is 2.19. The van der Waals surface area contributed by atoms with Crippen molar-refractivity contribution in [3.8, 4) is 5.75 Å². The van der Waals surface area contributed by atoms with E-state index in [4.69, 9.17) is 9.47 Å². The number of hydrogen-bond donors (Lipinski definition) is 5. The van der Waals surface area contributed by atoms with Crippen LogP contribution in [0.3, 0.4) is 0 Å². The molecule has 2 aromatic carbocycles. The summed E-state index contributed by atoms with van der Waals surface area (Å²) in [4.78, 5) is 65.2. The molecular formula is C39H57N5O7. The molecule has 5 N–H and O–H groups in total. The van der Waals surface area contributed by atoms with Gasteiger partial charge < -0.3 is 36.1 Å². The van der Waals surface area contributed by atoms with Crippen molar-refractivity contribution < 1.29 is 33.4 Å². The number of esters is 1. The fourth-order valence-corrected chi connectivity index (χ4v) is 4.93. The summed E-state index contributed by atoms with van der Waals surface area (Å²) in [5.74, 6) is -1.93. The lowest BCUT2D eigenvalue weighted by atomic mass is 10.0. The zero-order valence-electron chi connectivity index (χ0n) is 31.4. The maximum Gasteiger partial charge on any atom is 0.329 e. The van der Waals surface area contributed by atoms with Gasteiger partial charge in [-0.05, 0) is 83.6 Å². The van der Waals surface area contributed by atoms with Crippen LogP contribution in [0.25, 0.3) is 0 Å². The highest BCUT2D eigenvalue weighted by atomic mass is 16.6. The smallest absolute Gasteiger partial charge is 0.329 e. The Morgan fingerprint density at radius 2 is 1.29 bits per heavy atom. The Balaban J connectivity index is 2.01. The van der Waals surface area contributed by atoms with Crippen LogP contribution in [0, 0.1) is 5.92 Å². The van der Waals surface area contributed by atoms with Gasteiger partial charge in [0.15, 0.2) is 0 Å². The van der Waals surface area contributed by atoms with Gasteiger partial charge in [-0.3, -0.25) is 19.2 Å². The van der Waals surface area contributed by atoms with Crippen molar-refractivity contribution in [1.29, 1.82) is 0 Å². The third-order valence-electron chi connectivity index (χ3n) is 7.13. The Hall–Kier alpha value is -4.71. The van der Waals surface area contributed by atoms with Gasteiger partial charge in [-0.2, -0.15) is 0 Å². The fourth-order valence-electron chi connectivity index (χ4n) is 4.93. The molecule has 0 aliphatic heterocycles. The standard InChI is InChI=1S/C39H57N5O7/c1-10-20-40-30(22-28-16-18-29(19-17-28)50-38(4,5)6)35(47)42-24-33(45)41-25-34(46)43-31(23-27-14-12-11-13-15-27)36(48)44-32(21-26(2)3)37(49)51-39(7,8)9/h10-19,26,30-32,40H,1,20-25H2,2-9H3,(H,41,45)(H,42,47)(H,43,46)(H,44,48)/t30-,31-,32-/m0/s1. The van der Waals surface area contributed by atoms with Gasteiger partial charge in [0.1, 0.15) is 29.0 Å². The van der Waals surface area contributed by atoms with Crippen molar-refractivity contribution >= 4 is 29.6 Å². The van der Waals surface area contributed by atoms with Gasteiger partial charge in [-0.15, -0.1) is 6.58 Å². The fraction of sp³-hybridized carbons (Fsp3) is 0.513. The molecule has 12 nitrogen and oxygen atoms in total. The first-order chi connectivity index (χ1) is 23.8. The largest absolute Gasteiger partial charge is 0.488 e. The molecule has 0 heterocycles. The average Bonchev–Trinajstić information content (AvgIpc) is 3.03. The Bertz CT molecular complexity index is 1450. The second-order valence-electron chi connectivity index (χ2n) is 14.8. The van der Waals surface area contributed by atoms with Crippen LogP contribution in [0.5, 0.6) is 5.75 Å². The van der Waals surface area contributed by atoms with Crippen molar-refractivity contribution in [2.75, 3.05) is 19.6 Å². The molecule has 0 radical (unpaired) electrons. The number of ether oxygens (including phenoxy) is 2. The van der Waals surface area contributed by atoms with Crippen molar-refractivity contribution in [3.63, 3.8) is 0 Å². The molecule has 51 heavy (non-hydrogen) atoms. The summed E-state index contributed by atoms with van der Waals surface area (Å²) in [6.45, 7) is 18.3. The molecule has 0 bridgehead atoms. The summed E-state index contributed by atoms with van der Waals surface area (Å²) in [5, 5.41) is 13.7. The summed E-state index contributed by atoms with van der Waals surface area (Å²) in [6, 6.07) is 14.0. The third kappa shape index (κ3) is 17.7. The lowest BCUT2D eigenvalue weighted by Crippen LogP contribution is -2.55. The minimum Gasteiger partial charge on any atom is -0.488 e. The summed E-state index contributed by atoms with van der Waals surface area (Å²) in [5.41, 5.74) is 0.597. The number of nitrogens with one attached hydrogen (secondary N) is 5. The number of amides is 4. The second-order valence-corrected chi connectivity index (χ2v) is 14.8. The Kier molecular flexibility index (Phi) is 16.8. The Morgan fingerprint density at radius 1 is 0.706 bits per heavy atom. The lowest BCUT2D eigenvalue weighted by Gasteiger charge is -2.27. The van der Waals surface area contributed by atoms with Crippen LogP contribution < -0.4 is 31.3 Å². The molecular weight excluding hydrogens is 650 g/mol. The van der Waals surface area contributed by atoms with Gasteiger partial charge in [-0.1, -0.05) is 62.4 Å². The topological polar surface area (TPSA) is 164 Å². The van der Waals surface area contributed by atoms with E-state index < -0.39 is 59.9 Å². The van der Waals surface area contributed by atoms with Gasteiger partial charge in [0.05, 0.1) is 19.1 Å². The molecule has 2 rings (SSSR count). The van der Waals surface area contributed by atoms with E-state index in [1.54, 1.807) is 26.8 Å². The van der Waals surface area contributed by atoms with E-state index in [2.05, 4.69) is 33.2 Å². The average molecular weight is 708 g/mol. The summed E-state index contributed by atoms with van der Waals surface area (Å²) in [7, 11) is 0. The van der Waals surface area contributed by atoms with Crippen LogP contribution in [0.2, 0.25) is 0 Å². The third-order valence-corrected chi connectivity index (χ3v) is 7.13. The normalized spacial score (nSPS) is 13.3. The SMILES string of the molecule is C=CCN[C@@H](Cc1ccc(OC(C)(C)C)cc1)C(=O)NCC(=O)NCC(=O)N[C@@H](Cc1ccccc1)C(=O)N[C@@H](CC(C)C)C(=O)OC(C)(C)C. The molecule has 280 valence electrons. The molecule has 0 spiro atoms. The zero-order chi connectivity index (χ0) is 38.2. The van der Waals surface area contributed by atoms with Crippen LogP contribution in [-0.2, 0) is 41.6 Å². The predicted octanol–water partition coefficient (Wildman–Crippen LogP) is 3.38. The van der Waals surface area contributed by atoms with Crippen LogP contribution in [0.15, 0.2) is 67.3 Å². The lowest BCUT2D eigenvalue weighted by molar-refractivity contribution is -0.159. The summed E-state index contributed by atoms with van der Waals surface area (Å²) >= 11 is 0. The minimum atomic E-state index is -1.04. The van der Waals surface area contributed by atoms with E-state index in [0.29, 0.717) is 19.4 Å². The molecule has 0 unspecified atom stereocenters. The van der Waals surface area contributed by atoms with Crippen molar-refractivity contribution in [2.24, 2.45) is 5.92 Å². The maximum atomic E-state index is 13.5. The molecule has 2 aromatic rings. The molecule has 0 aliphatic rings. The first kappa shape index (κ1) is 42.5. The van der Waals surface area contributed by atoms with Gasteiger partial charge >= 0.3 is 5.97 Å². The van der Waals surface area contributed by atoms with Crippen molar-refractivity contribution in [3.05, 3.63) is 78.4 Å². The summed E-state index contributed by atoms with van der Waals surface area (Å²) < 4.78 is 11.4.